The van der Waals surface area contributed by atoms with E-state index in [9.17, 15) is 0 Å². The standard InChI is InChI=1S/C7H13ClO2/c1-7(2)4-9-6(3-8)10-5-7/h6H,3-5H2,1-2H3. The molecule has 0 N–H and O–H groups in total. The van der Waals surface area contributed by atoms with E-state index in [4.69, 9.17) is 21.1 Å². The summed E-state index contributed by atoms with van der Waals surface area (Å²) in [4.78, 5) is 0. The summed E-state index contributed by atoms with van der Waals surface area (Å²) in [7, 11) is 0. The molecule has 1 saturated heterocycles. The first-order chi connectivity index (χ1) is 4.64. The van der Waals surface area contributed by atoms with Gasteiger partial charge in [-0.3, -0.25) is 0 Å². The molecule has 0 saturated carbocycles. The number of rotatable bonds is 1. The molecule has 10 heavy (non-hydrogen) atoms. The number of ether oxygens (including phenoxy) is 2. The molecular weight excluding hydrogens is 152 g/mol. The van der Waals surface area contributed by atoms with E-state index in [-0.39, 0.29) is 11.7 Å². The Hall–Kier alpha value is 0.210. The van der Waals surface area contributed by atoms with Crippen molar-refractivity contribution in [3.63, 3.8) is 0 Å². The molecule has 0 spiro atoms. The Balaban J connectivity index is 2.31. The molecular formula is C7H13ClO2. The summed E-state index contributed by atoms with van der Waals surface area (Å²) in [5.74, 6) is 0.427. The van der Waals surface area contributed by atoms with Crippen molar-refractivity contribution >= 4 is 11.6 Å². The van der Waals surface area contributed by atoms with E-state index >= 15 is 0 Å². The topological polar surface area (TPSA) is 18.5 Å². The quantitative estimate of drug-likeness (QED) is 0.549. The largest absolute Gasteiger partial charge is 0.351 e. The van der Waals surface area contributed by atoms with Gasteiger partial charge in [0.1, 0.15) is 0 Å². The molecule has 0 atom stereocenters. The van der Waals surface area contributed by atoms with E-state index in [0.717, 1.165) is 13.2 Å². The minimum absolute atomic E-state index is 0.155. The SMILES string of the molecule is CC1(C)COC(CCl)OC1. The van der Waals surface area contributed by atoms with Crippen LogP contribution in [0.1, 0.15) is 13.8 Å². The maximum absolute atomic E-state index is 5.52. The van der Waals surface area contributed by atoms with Crippen LogP contribution in [0.4, 0.5) is 0 Å². The van der Waals surface area contributed by atoms with Crippen LogP contribution < -0.4 is 0 Å². The van der Waals surface area contributed by atoms with Gasteiger partial charge in [-0.05, 0) is 0 Å². The molecule has 0 amide bonds. The molecule has 3 heteroatoms. The van der Waals surface area contributed by atoms with Gasteiger partial charge in [-0.2, -0.15) is 0 Å². The van der Waals surface area contributed by atoms with Crippen molar-refractivity contribution in [1.29, 1.82) is 0 Å². The van der Waals surface area contributed by atoms with Crippen LogP contribution in [0.15, 0.2) is 0 Å². The van der Waals surface area contributed by atoms with Crippen LogP contribution in [0.2, 0.25) is 0 Å². The van der Waals surface area contributed by atoms with Crippen molar-refractivity contribution in [3.05, 3.63) is 0 Å². The summed E-state index contributed by atoms with van der Waals surface area (Å²) in [6.07, 6.45) is -0.185. The molecule has 2 nitrogen and oxygen atoms in total. The van der Waals surface area contributed by atoms with Crippen LogP contribution in [-0.2, 0) is 9.47 Å². The van der Waals surface area contributed by atoms with Crippen molar-refractivity contribution in [2.24, 2.45) is 5.41 Å². The van der Waals surface area contributed by atoms with Crippen LogP contribution >= 0.6 is 11.6 Å². The summed E-state index contributed by atoms with van der Waals surface area (Å²) in [6.45, 7) is 5.70. The fourth-order valence-corrected chi connectivity index (χ4v) is 0.994. The first-order valence-electron chi connectivity index (χ1n) is 3.43. The molecule has 1 aliphatic rings. The molecule has 0 radical (unpaired) electrons. The molecule has 0 aromatic heterocycles. The van der Waals surface area contributed by atoms with Crippen LogP contribution in [0.5, 0.6) is 0 Å². The van der Waals surface area contributed by atoms with Gasteiger partial charge in [0.25, 0.3) is 0 Å². The zero-order chi connectivity index (χ0) is 7.61. The lowest BCUT2D eigenvalue weighted by atomic mass is 9.96. The molecule has 0 aromatic rings. The number of hydrogen-bond acceptors (Lipinski definition) is 2. The molecule has 0 aromatic carbocycles. The second-order valence-corrected chi connectivity index (χ2v) is 3.68. The summed E-state index contributed by atoms with van der Waals surface area (Å²) >= 11 is 5.52. The fourth-order valence-electron chi connectivity index (χ4n) is 0.816. The average molecular weight is 165 g/mol. The van der Waals surface area contributed by atoms with E-state index in [1.807, 2.05) is 0 Å². The van der Waals surface area contributed by atoms with Crippen molar-refractivity contribution in [2.75, 3.05) is 19.1 Å². The Kier molecular flexibility index (Phi) is 2.55. The van der Waals surface area contributed by atoms with Gasteiger partial charge in [-0.1, -0.05) is 13.8 Å². The highest BCUT2D eigenvalue weighted by Crippen LogP contribution is 2.22. The Labute approximate surface area is 66.5 Å². The van der Waals surface area contributed by atoms with Gasteiger partial charge in [0, 0.05) is 5.41 Å². The van der Waals surface area contributed by atoms with Crippen LogP contribution in [0.25, 0.3) is 0 Å². The monoisotopic (exact) mass is 164 g/mol. The predicted octanol–water partition coefficient (Wildman–Crippen LogP) is 1.62. The van der Waals surface area contributed by atoms with E-state index in [2.05, 4.69) is 13.8 Å². The van der Waals surface area contributed by atoms with E-state index in [1.165, 1.54) is 0 Å². The molecule has 1 aliphatic heterocycles. The van der Waals surface area contributed by atoms with Crippen LogP contribution in [-0.4, -0.2) is 25.4 Å². The van der Waals surface area contributed by atoms with Gasteiger partial charge < -0.3 is 9.47 Å². The van der Waals surface area contributed by atoms with Gasteiger partial charge in [-0.15, -0.1) is 11.6 Å². The lowest BCUT2D eigenvalue weighted by Gasteiger charge is -2.33. The summed E-state index contributed by atoms with van der Waals surface area (Å²) < 4.78 is 10.6. The normalized spacial score (nSPS) is 26.7. The highest BCUT2D eigenvalue weighted by Gasteiger charge is 2.27. The van der Waals surface area contributed by atoms with Crippen molar-refractivity contribution in [3.8, 4) is 0 Å². The van der Waals surface area contributed by atoms with Gasteiger partial charge in [-0.25, -0.2) is 0 Å². The molecule has 0 aliphatic carbocycles. The Morgan fingerprint density at radius 2 is 1.90 bits per heavy atom. The van der Waals surface area contributed by atoms with Crippen molar-refractivity contribution in [2.45, 2.75) is 20.1 Å². The number of halogens is 1. The van der Waals surface area contributed by atoms with E-state index < -0.39 is 0 Å². The van der Waals surface area contributed by atoms with Gasteiger partial charge in [0.15, 0.2) is 6.29 Å². The molecule has 0 unspecified atom stereocenters. The minimum Gasteiger partial charge on any atom is -0.351 e. The number of alkyl halides is 1. The summed E-state index contributed by atoms with van der Waals surface area (Å²) in [5, 5.41) is 0. The minimum atomic E-state index is -0.185. The highest BCUT2D eigenvalue weighted by atomic mass is 35.5. The lowest BCUT2D eigenvalue weighted by Crippen LogP contribution is -2.38. The third-order valence-corrected chi connectivity index (χ3v) is 1.70. The molecule has 1 fully saturated rings. The Morgan fingerprint density at radius 1 is 1.40 bits per heavy atom. The summed E-state index contributed by atoms with van der Waals surface area (Å²) in [6, 6.07) is 0. The average Bonchev–Trinajstić information content (AvgIpc) is 1.88. The maximum Gasteiger partial charge on any atom is 0.171 e. The Morgan fingerprint density at radius 3 is 2.30 bits per heavy atom. The van der Waals surface area contributed by atoms with Gasteiger partial charge >= 0.3 is 0 Å². The Bertz CT molecular complexity index is 104. The molecule has 1 rings (SSSR count). The maximum atomic E-state index is 5.52. The number of hydrogen-bond donors (Lipinski definition) is 0. The lowest BCUT2D eigenvalue weighted by molar-refractivity contribution is -0.210. The van der Waals surface area contributed by atoms with Gasteiger partial charge in [0.05, 0.1) is 19.1 Å². The van der Waals surface area contributed by atoms with Crippen molar-refractivity contribution < 1.29 is 9.47 Å². The highest BCUT2D eigenvalue weighted by molar-refractivity contribution is 6.18. The van der Waals surface area contributed by atoms with E-state index in [0.29, 0.717) is 5.88 Å². The van der Waals surface area contributed by atoms with E-state index in [1.54, 1.807) is 0 Å². The third kappa shape index (κ3) is 2.11. The fraction of sp³-hybridized carbons (Fsp3) is 1.00. The van der Waals surface area contributed by atoms with Crippen molar-refractivity contribution in [1.82, 2.24) is 0 Å². The van der Waals surface area contributed by atoms with Gasteiger partial charge in [0.2, 0.25) is 0 Å². The first-order valence-corrected chi connectivity index (χ1v) is 3.97. The molecule has 1 heterocycles. The summed E-state index contributed by atoms with van der Waals surface area (Å²) in [5.41, 5.74) is 0.155. The second-order valence-electron chi connectivity index (χ2n) is 3.37. The van der Waals surface area contributed by atoms with Crippen LogP contribution in [0.3, 0.4) is 0 Å². The third-order valence-electron chi connectivity index (χ3n) is 1.45. The predicted molar refractivity (Wildman–Crippen MR) is 40.2 cm³/mol. The van der Waals surface area contributed by atoms with Crippen LogP contribution in [0, 0.1) is 5.41 Å². The zero-order valence-corrected chi connectivity index (χ0v) is 7.15. The molecule has 0 bridgehead atoms. The smallest absolute Gasteiger partial charge is 0.171 e. The first kappa shape index (κ1) is 8.31. The second kappa shape index (κ2) is 3.07. The zero-order valence-electron chi connectivity index (χ0n) is 6.39. The molecule has 60 valence electrons.